The third-order valence-electron chi connectivity index (χ3n) is 6.73. The van der Waals surface area contributed by atoms with Crippen LogP contribution in [0.1, 0.15) is 31.5 Å². The van der Waals surface area contributed by atoms with Gasteiger partial charge >= 0.3 is 0 Å². The van der Waals surface area contributed by atoms with Crippen LogP contribution in [0, 0.1) is 23.2 Å². The fraction of sp³-hybridized carbons (Fsp3) is 0.280. The summed E-state index contributed by atoms with van der Waals surface area (Å²) in [4.78, 5) is 30.9. The molecule has 5 rings (SSSR count). The number of nitriles is 1. The van der Waals surface area contributed by atoms with Gasteiger partial charge in [-0.1, -0.05) is 19.9 Å². The van der Waals surface area contributed by atoms with Crippen LogP contribution >= 0.6 is 0 Å². The number of allylic oxidation sites excluding steroid dienone is 2. The Kier molecular flexibility index (Phi) is 4.48. The topological polar surface area (TPSA) is 92.4 Å². The molecular formula is C25H21N5O. The molecule has 31 heavy (non-hydrogen) atoms. The van der Waals surface area contributed by atoms with E-state index >= 15 is 0 Å². The predicted molar refractivity (Wildman–Crippen MR) is 116 cm³/mol. The molecular weight excluding hydrogens is 386 g/mol. The lowest BCUT2D eigenvalue weighted by molar-refractivity contribution is -0.121. The highest BCUT2D eigenvalue weighted by Crippen LogP contribution is 2.50. The zero-order valence-corrected chi connectivity index (χ0v) is 17.4. The first-order valence-electron chi connectivity index (χ1n) is 10.4. The molecule has 0 bridgehead atoms. The summed E-state index contributed by atoms with van der Waals surface area (Å²) in [6, 6.07) is 9.81. The maximum absolute atomic E-state index is 12.7. The molecule has 0 aromatic carbocycles. The van der Waals surface area contributed by atoms with Crippen molar-refractivity contribution in [1.82, 2.24) is 19.9 Å². The van der Waals surface area contributed by atoms with Crippen molar-refractivity contribution < 1.29 is 4.79 Å². The Morgan fingerprint density at radius 2 is 1.68 bits per heavy atom. The second kappa shape index (κ2) is 7.21. The number of carbonyl (C=O) groups excluding carboxylic acids is 1. The number of pyridine rings is 2. The van der Waals surface area contributed by atoms with Gasteiger partial charge in [-0.05, 0) is 43.0 Å². The zero-order valence-electron chi connectivity index (χ0n) is 17.4. The molecule has 0 unspecified atom stereocenters. The lowest BCUT2D eigenvalue weighted by Crippen LogP contribution is -2.46. The van der Waals surface area contributed by atoms with Crippen molar-refractivity contribution in [1.29, 1.82) is 5.26 Å². The summed E-state index contributed by atoms with van der Waals surface area (Å²) in [6.07, 6.45) is 10.5. The molecule has 3 aromatic heterocycles. The number of aromatic nitrogens is 4. The minimum absolute atomic E-state index is 0.0637. The number of ketones is 1. The first-order chi connectivity index (χ1) is 15.0. The summed E-state index contributed by atoms with van der Waals surface area (Å²) in [7, 11) is 0. The van der Waals surface area contributed by atoms with Gasteiger partial charge in [0, 0.05) is 52.8 Å². The van der Waals surface area contributed by atoms with E-state index in [0.29, 0.717) is 5.82 Å². The Balaban J connectivity index is 1.81. The van der Waals surface area contributed by atoms with E-state index in [9.17, 15) is 10.1 Å². The van der Waals surface area contributed by atoms with Crippen LogP contribution in [-0.2, 0) is 16.6 Å². The van der Waals surface area contributed by atoms with Gasteiger partial charge in [0.15, 0.2) is 11.6 Å². The molecule has 2 aliphatic rings. The maximum Gasteiger partial charge on any atom is 0.176 e. The van der Waals surface area contributed by atoms with E-state index in [4.69, 9.17) is 9.97 Å². The quantitative estimate of drug-likeness (QED) is 0.635. The van der Waals surface area contributed by atoms with Crippen molar-refractivity contribution in [2.45, 2.75) is 32.1 Å². The standard InChI is InChI=1S/C25H21N5O/c1-15-20-4-3-19-21(16-5-9-27-10-6-16)29-24(17-7-11-28-12-8-17)30-23(19)25(20,2)13-18(14-26)22(15)31/h5-13,15,20H,3-4H2,1-2H3/t15-,20-,25-/m1/s1. The van der Waals surface area contributed by atoms with Crippen LogP contribution < -0.4 is 0 Å². The van der Waals surface area contributed by atoms with Crippen molar-refractivity contribution >= 4 is 5.78 Å². The Labute approximate surface area is 180 Å². The fourth-order valence-corrected chi connectivity index (χ4v) is 5.15. The van der Waals surface area contributed by atoms with Gasteiger partial charge in [0.1, 0.15) is 6.07 Å². The molecule has 2 aliphatic carbocycles. The molecule has 0 spiro atoms. The van der Waals surface area contributed by atoms with Crippen molar-refractivity contribution in [3.8, 4) is 28.7 Å². The number of hydrogen-bond donors (Lipinski definition) is 0. The third kappa shape index (κ3) is 2.97. The van der Waals surface area contributed by atoms with Gasteiger partial charge in [-0.25, -0.2) is 9.97 Å². The lowest BCUT2D eigenvalue weighted by Gasteiger charge is -2.45. The van der Waals surface area contributed by atoms with Crippen LogP contribution in [0.15, 0.2) is 60.7 Å². The number of rotatable bonds is 2. The van der Waals surface area contributed by atoms with Crippen LogP contribution in [0.25, 0.3) is 22.6 Å². The Bertz CT molecular complexity index is 1250. The first kappa shape index (κ1) is 19.3. The summed E-state index contributed by atoms with van der Waals surface area (Å²) in [6.45, 7) is 4.05. The normalized spacial score (nSPS) is 24.5. The summed E-state index contributed by atoms with van der Waals surface area (Å²) < 4.78 is 0. The molecule has 3 atom stereocenters. The number of nitrogens with zero attached hydrogens (tertiary/aromatic N) is 5. The second-order valence-electron chi connectivity index (χ2n) is 8.45. The average Bonchev–Trinajstić information content (AvgIpc) is 2.82. The molecule has 0 aliphatic heterocycles. The van der Waals surface area contributed by atoms with Gasteiger partial charge in [0.25, 0.3) is 0 Å². The monoisotopic (exact) mass is 407 g/mol. The highest BCUT2D eigenvalue weighted by atomic mass is 16.1. The molecule has 0 fully saturated rings. The molecule has 152 valence electrons. The van der Waals surface area contributed by atoms with Crippen LogP contribution in [0.2, 0.25) is 0 Å². The van der Waals surface area contributed by atoms with E-state index in [-0.39, 0.29) is 23.2 Å². The molecule has 0 N–H and O–H groups in total. The van der Waals surface area contributed by atoms with Crippen molar-refractivity contribution in [3.05, 3.63) is 72.0 Å². The van der Waals surface area contributed by atoms with E-state index in [2.05, 4.69) is 23.0 Å². The summed E-state index contributed by atoms with van der Waals surface area (Å²) in [5.74, 6) is 0.425. The molecule has 6 heteroatoms. The molecule has 0 saturated heterocycles. The molecule has 3 aromatic rings. The smallest absolute Gasteiger partial charge is 0.176 e. The maximum atomic E-state index is 12.7. The summed E-state index contributed by atoms with van der Waals surface area (Å²) >= 11 is 0. The largest absolute Gasteiger partial charge is 0.293 e. The van der Waals surface area contributed by atoms with Crippen LogP contribution in [0.5, 0.6) is 0 Å². The fourth-order valence-electron chi connectivity index (χ4n) is 5.15. The number of fused-ring (bicyclic) bond motifs is 3. The minimum Gasteiger partial charge on any atom is -0.293 e. The Morgan fingerprint density at radius 3 is 2.32 bits per heavy atom. The van der Waals surface area contributed by atoms with Gasteiger partial charge in [-0.2, -0.15) is 5.26 Å². The SMILES string of the molecule is C[C@H]1C(=O)C(C#N)=C[C@@]2(C)c3nc(-c4ccncc4)nc(-c4ccncc4)c3CC[C@H]12. The third-order valence-corrected chi connectivity index (χ3v) is 6.73. The van der Waals surface area contributed by atoms with Gasteiger partial charge in [-0.3, -0.25) is 14.8 Å². The van der Waals surface area contributed by atoms with Gasteiger partial charge in [0.2, 0.25) is 0 Å². The van der Waals surface area contributed by atoms with Crippen LogP contribution in [0.4, 0.5) is 0 Å². The number of hydrogen-bond acceptors (Lipinski definition) is 6. The van der Waals surface area contributed by atoms with E-state index in [0.717, 1.165) is 40.9 Å². The minimum atomic E-state index is -0.515. The molecule has 0 radical (unpaired) electrons. The highest BCUT2D eigenvalue weighted by Gasteiger charge is 2.49. The van der Waals surface area contributed by atoms with Crippen molar-refractivity contribution in [3.63, 3.8) is 0 Å². The lowest BCUT2D eigenvalue weighted by atomic mass is 9.57. The van der Waals surface area contributed by atoms with E-state index in [1.807, 2.05) is 37.3 Å². The number of Topliss-reactive ketones (excluding diaryl/α,β-unsaturated/α-hetero) is 1. The van der Waals surface area contributed by atoms with Crippen LogP contribution in [-0.4, -0.2) is 25.7 Å². The Hall–Kier alpha value is -3.72. The average molecular weight is 407 g/mol. The summed E-state index contributed by atoms with van der Waals surface area (Å²) in [5.41, 5.74) is 4.45. The van der Waals surface area contributed by atoms with Crippen molar-refractivity contribution in [2.24, 2.45) is 11.8 Å². The molecule has 3 heterocycles. The van der Waals surface area contributed by atoms with Crippen LogP contribution in [0.3, 0.4) is 0 Å². The van der Waals surface area contributed by atoms with E-state index in [1.54, 1.807) is 24.8 Å². The Morgan fingerprint density at radius 1 is 1.03 bits per heavy atom. The van der Waals surface area contributed by atoms with Gasteiger partial charge in [-0.15, -0.1) is 0 Å². The number of carbonyl (C=O) groups is 1. The second-order valence-corrected chi connectivity index (χ2v) is 8.45. The molecule has 0 saturated carbocycles. The van der Waals surface area contributed by atoms with E-state index < -0.39 is 5.41 Å². The molecule has 6 nitrogen and oxygen atoms in total. The first-order valence-corrected chi connectivity index (χ1v) is 10.4. The predicted octanol–water partition coefficient (Wildman–Crippen LogP) is 4.09. The van der Waals surface area contributed by atoms with Crippen molar-refractivity contribution in [2.75, 3.05) is 0 Å². The van der Waals surface area contributed by atoms with Gasteiger partial charge < -0.3 is 0 Å². The van der Waals surface area contributed by atoms with E-state index in [1.165, 1.54) is 0 Å². The highest BCUT2D eigenvalue weighted by molar-refractivity contribution is 6.02. The summed E-state index contributed by atoms with van der Waals surface area (Å²) in [5, 5.41) is 9.61. The molecule has 0 amide bonds. The van der Waals surface area contributed by atoms with Gasteiger partial charge in [0.05, 0.1) is 17.0 Å². The zero-order chi connectivity index (χ0) is 21.6.